The van der Waals surface area contributed by atoms with Crippen molar-refractivity contribution in [3.8, 4) is 5.75 Å². The Morgan fingerprint density at radius 2 is 1.94 bits per heavy atom. The number of para-hydroxylation sites is 1. The first-order chi connectivity index (χ1) is 15.2. The molecule has 0 aliphatic carbocycles. The van der Waals surface area contributed by atoms with Crippen molar-refractivity contribution in [2.75, 3.05) is 43.1 Å². The van der Waals surface area contributed by atoms with Crippen LogP contribution in [0.2, 0.25) is 0 Å². The van der Waals surface area contributed by atoms with Crippen LogP contribution in [-0.2, 0) is 9.53 Å². The van der Waals surface area contributed by atoms with Gasteiger partial charge in [-0.1, -0.05) is 18.2 Å². The van der Waals surface area contributed by atoms with Gasteiger partial charge in [-0.3, -0.25) is 9.59 Å². The molecule has 1 aromatic heterocycles. The number of fused-ring (bicyclic) bond motifs is 2. The van der Waals surface area contributed by atoms with Gasteiger partial charge in [0.2, 0.25) is 0 Å². The van der Waals surface area contributed by atoms with Gasteiger partial charge in [0.05, 0.1) is 24.4 Å². The number of carbonyl (C=O) groups excluding carboxylic acids is 2. The van der Waals surface area contributed by atoms with Gasteiger partial charge < -0.3 is 19.7 Å². The van der Waals surface area contributed by atoms with Crippen molar-refractivity contribution in [1.82, 2.24) is 4.98 Å². The average molecular weight is 415 g/mol. The van der Waals surface area contributed by atoms with E-state index in [1.54, 1.807) is 30.4 Å². The highest BCUT2D eigenvalue weighted by Crippen LogP contribution is 2.29. The Morgan fingerprint density at radius 3 is 2.81 bits per heavy atom. The Morgan fingerprint density at radius 1 is 1.10 bits per heavy atom. The highest BCUT2D eigenvalue weighted by atomic mass is 16.5. The lowest BCUT2D eigenvalue weighted by Gasteiger charge is -2.29. The van der Waals surface area contributed by atoms with Crippen LogP contribution in [0.3, 0.4) is 0 Å². The molecule has 31 heavy (non-hydrogen) atoms. The molecule has 1 N–H and O–H groups in total. The zero-order valence-electron chi connectivity index (χ0n) is 16.8. The number of pyridine rings is 1. The zero-order valence-corrected chi connectivity index (χ0v) is 16.8. The summed E-state index contributed by atoms with van der Waals surface area (Å²) in [6.07, 6.45) is 3.35. The quantitative estimate of drug-likeness (QED) is 0.520. The first-order valence-electron chi connectivity index (χ1n) is 10.2. The number of benzene rings is 2. The summed E-state index contributed by atoms with van der Waals surface area (Å²) < 4.78 is 10.8. The second-order valence-corrected chi connectivity index (χ2v) is 7.44. The summed E-state index contributed by atoms with van der Waals surface area (Å²) in [6, 6.07) is 15.0. The van der Waals surface area contributed by atoms with Crippen LogP contribution in [0.4, 0.5) is 11.5 Å². The van der Waals surface area contributed by atoms with Gasteiger partial charge in [-0.2, -0.15) is 0 Å². The fourth-order valence-corrected chi connectivity index (χ4v) is 3.77. The number of morpholine rings is 1. The van der Waals surface area contributed by atoms with Gasteiger partial charge in [-0.05, 0) is 42.5 Å². The molecule has 1 saturated heterocycles. The third-order valence-electron chi connectivity index (χ3n) is 5.35. The molecule has 0 atom stereocenters. The smallest absolute Gasteiger partial charge is 0.262 e. The maximum Gasteiger partial charge on any atom is 0.262 e. The second kappa shape index (κ2) is 8.20. The Labute approximate surface area is 179 Å². The first-order valence-corrected chi connectivity index (χ1v) is 10.2. The molecule has 7 nitrogen and oxygen atoms in total. The summed E-state index contributed by atoms with van der Waals surface area (Å²) >= 11 is 0. The van der Waals surface area contributed by atoms with Gasteiger partial charge in [-0.25, -0.2) is 4.98 Å². The molecule has 156 valence electrons. The van der Waals surface area contributed by atoms with E-state index < -0.39 is 0 Å². The zero-order chi connectivity index (χ0) is 21.2. The van der Waals surface area contributed by atoms with Crippen molar-refractivity contribution >= 4 is 40.2 Å². The number of nitrogens with one attached hydrogen (secondary N) is 1. The number of hydrogen-bond donors (Lipinski definition) is 1. The van der Waals surface area contributed by atoms with E-state index in [9.17, 15) is 9.59 Å². The molecule has 5 rings (SSSR count). The topological polar surface area (TPSA) is 80.8 Å². The predicted molar refractivity (Wildman–Crippen MR) is 119 cm³/mol. The van der Waals surface area contributed by atoms with Gasteiger partial charge in [0.1, 0.15) is 11.6 Å². The third kappa shape index (κ3) is 4.00. The number of aromatic nitrogens is 1. The Bertz CT molecular complexity index is 1200. The van der Waals surface area contributed by atoms with Gasteiger partial charge in [0.25, 0.3) is 5.91 Å². The molecule has 0 bridgehead atoms. The number of carbonyl (C=O) groups is 2. The van der Waals surface area contributed by atoms with Gasteiger partial charge in [0, 0.05) is 29.6 Å². The van der Waals surface area contributed by atoms with E-state index in [1.807, 2.05) is 24.3 Å². The van der Waals surface area contributed by atoms with Gasteiger partial charge >= 0.3 is 0 Å². The number of rotatable bonds is 4. The average Bonchev–Trinajstić information content (AvgIpc) is 2.82. The van der Waals surface area contributed by atoms with E-state index in [0.29, 0.717) is 30.2 Å². The minimum absolute atomic E-state index is 0.0144. The van der Waals surface area contributed by atoms with Crippen LogP contribution in [0, 0.1) is 0 Å². The van der Waals surface area contributed by atoms with Crippen molar-refractivity contribution in [1.29, 1.82) is 0 Å². The minimum Gasteiger partial charge on any atom is -0.482 e. The monoisotopic (exact) mass is 415 g/mol. The van der Waals surface area contributed by atoms with Crippen molar-refractivity contribution in [3.05, 3.63) is 65.7 Å². The number of allylic oxidation sites excluding steroid dienone is 1. The largest absolute Gasteiger partial charge is 0.482 e. The van der Waals surface area contributed by atoms with Crippen LogP contribution in [-0.4, -0.2) is 49.6 Å². The lowest BCUT2D eigenvalue weighted by atomic mass is 10.1. The van der Waals surface area contributed by atoms with Gasteiger partial charge in [0.15, 0.2) is 12.4 Å². The molecule has 3 heterocycles. The second-order valence-electron chi connectivity index (χ2n) is 7.44. The number of amides is 1. The van der Waals surface area contributed by atoms with Crippen molar-refractivity contribution < 1.29 is 19.1 Å². The maximum absolute atomic E-state index is 12.8. The normalized spacial score (nSPS) is 16.1. The highest BCUT2D eigenvalue weighted by Gasteiger charge is 2.18. The predicted octanol–water partition coefficient (Wildman–Crippen LogP) is 3.30. The van der Waals surface area contributed by atoms with Crippen LogP contribution >= 0.6 is 0 Å². The Kier molecular flexibility index (Phi) is 5.09. The van der Waals surface area contributed by atoms with Crippen molar-refractivity contribution in [3.63, 3.8) is 0 Å². The Balaban J connectivity index is 1.47. The van der Waals surface area contributed by atoms with E-state index >= 15 is 0 Å². The van der Waals surface area contributed by atoms with E-state index in [-0.39, 0.29) is 18.3 Å². The van der Waals surface area contributed by atoms with Crippen LogP contribution < -0.4 is 15.0 Å². The number of anilines is 2. The molecule has 2 aliphatic rings. The molecular weight excluding hydrogens is 394 g/mol. The molecule has 1 amide bonds. The standard InChI is InChI=1S/C24H21N3O4/c28-21(17-6-8-22-20(14-17)25-23(29)15-31-22)7-5-18-13-16-3-1-2-4-19(16)26-24(18)27-9-11-30-12-10-27/h1-8,13-14H,9-12,15H2,(H,25,29). The lowest BCUT2D eigenvalue weighted by molar-refractivity contribution is -0.118. The van der Waals surface area contributed by atoms with E-state index in [4.69, 9.17) is 14.5 Å². The molecule has 2 aromatic carbocycles. The molecule has 1 fully saturated rings. The number of ketones is 1. The van der Waals surface area contributed by atoms with Crippen LogP contribution in [0.1, 0.15) is 15.9 Å². The summed E-state index contributed by atoms with van der Waals surface area (Å²) in [6.45, 7) is 2.80. The van der Waals surface area contributed by atoms with Crippen molar-refractivity contribution in [2.24, 2.45) is 0 Å². The lowest BCUT2D eigenvalue weighted by Crippen LogP contribution is -2.37. The number of ether oxygens (including phenoxy) is 2. The molecular formula is C24H21N3O4. The van der Waals surface area contributed by atoms with Crippen LogP contribution in [0.15, 0.2) is 54.6 Å². The van der Waals surface area contributed by atoms with Crippen LogP contribution in [0.25, 0.3) is 17.0 Å². The summed E-state index contributed by atoms with van der Waals surface area (Å²) in [5.74, 6) is 1.01. The van der Waals surface area contributed by atoms with E-state index in [0.717, 1.165) is 35.4 Å². The molecule has 7 heteroatoms. The van der Waals surface area contributed by atoms with Gasteiger partial charge in [-0.15, -0.1) is 0 Å². The molecule has 3 aromatic rings. The molecule has 0 spiro atoms. The Hall–Kier alpha value is -3.71. The summed E-state index contributed by atoms with van der Waals surface area (Å²) in [5.41, 5.74) is 2.78. The van der Waals surface area contributed by atoms with E-state index in [2.05, 4.69) is 16.3 Å². The third-order valence-corrected chi connectivity index (χ3v) is 5.35. The summed E-state index contributed by atoms with van der Waals surface area (Å²) in [7, 11) is 0. The highest BCUT2D eigenvalue weighted by molar-refractivity contribution is 6.08. The minimum atomic E-state index is -0.231. The fourth-order valence-electron chi connectivity index (χ4n) is 3.77. The number of hydrogen-bond acceptors (Lipinski definition) is 6. The first kappa shape index (κ1) is 19.3. The summed E-state index contributed by atoms with van der Waals surface area (Å²) in [5, 5.41) is 3.75. The molecule has 0 saturated carbocycles. The van der Waals surface area contributed by atoms with Crippen molar-refractivity contribution in [2.45, 2.75) is 0 Å². The van der Waals surface area contributed by atoms with E-state index in [1.165, 1.54) is 0 Å². The summed E-state index contributed by atoms with van der Waals surface area (Å²) in [4.78, 5) is 31.4. The maximum atomic E-state index is 12.8. The molecule has 0 radical (unpaired) electrons. The molecule has 0 unspecified atom stereocenters. The van der Waals surface area contributed by atoms with Crippen LogP contribution in [0.5, 0.6) is 5.75 Å². The number of nitrogens with zero attached hydrogens (tertiary/aromatic N) is 2. The molecule has 2 aliphatic heterocycles. The fraction of sp³-hybridized carbons (Fsp3) is 0.208. The SMILES string of the molecule is O=C1COc2ccc(C(=O)C=Cc3cc4ccccc4nc3N3CCOCC3)cc2N1.